The normalized spacial score (nSPS) is 11.5. The van der Waals surface area contributed by atoms with Gasteiger partial charge >= 0.3 is 6.08 Å². The van der Waals surface area contributed by atoms with E-state index in [0.29, 0.717) is 6.42 Å². The predicted octanol–water partition coefficient (Wildman–Crippen LogP) is 1.33. The first-order valence-electron chi connectivity index (χ1n) is 4.52. The average molecular weight is 217 g/mol. The lowest BCUT2D eigenvalue weighted by atomic mass is 10.0. The molecule has 6 heteroatoms. The summed E-state index contributed by atoms with van der Waals surface area (Å²) in [4.78, 5) is 6.27. The van der Waals surface area contributed by atoms with Gasteiger partial charge in [0, 0.05) is 18.2 Å². The van der Waals surface area contributed by atoms with Crippen molar-refractivity contribution in [3.05, 3.63) is 18.1 Å². The van der Waals surface area contributed by atoms with E-state index in [4.69, 9.17) is 5.11 Å². The van der Waals surface area contributed by atoms with Crippen LogP contribution in [0.15, 0.2) is 6.07 Å². The summed E-state index contributed by atoms with van der Waals surface area (Å²) >= 11 is 0. The smallest absolute Gasteiger partial charge is 0.313 e. The van der Waals surface area contributed by atoms with Crippen molar-refractivity contribution in [3.8, 4) is 0 Å². The number of anilines is 1. The molecule has 0 saturated heterocycles. The summed E-state index contributed by atoms with van der Waals surface area (Å²) in [6.07, 6.45) is -0.669. The lowest BCUT2D eigenvalue weighted by molar-refractivity contribution is 0.260. The SMILES string of the molecule is CC(C)(CCO)Nc1cc(F)nc(F)n1. The minimum Gasteiger partial charge on any atom is -0.396 e. The van der Waals surface area contributed by atoms with E-state index < -0.39 is 17.6 Å². The van der Waals surface area contributed by atoms with Crippen LogP contribution in [-0.2, 0) is 0 Å². The molecule has 15 heavy (non-hydrogen) atoms. The number of nitrogens with one attached hydrogen (secondary N) is 1. The molecular formula is C9H13F2N3O. The van der Waals surface area contributed by atoms with Gasteiger partial charge in [0.1, 0.15) is 5.82 Å². The van der Waals surface area contributed by atoms with Crippen molar-refractivity contribution in [2.75, 3.05) is 11.9 Å². The third-order valence-electron chi connectivity index (χ3n) is 1.87. The molecule has 0 aromatic carbocycles. The van der Waals surface area contributed by atoms with E-state index in [1.54, 1.807) is 13.8 Å². The van der Waals surface area contributed by atoms with E-state index in [1.807, 2.05) is 0 Å². The molecule has 0 unspecified atom stereocenters. The molecule has 84 valence electrons. The Balaban J connectivity index is 2.80. The summed E-state index contributed by atoms with van der Waals surface area (Å²) in [6.45, 7) is 3.57. The molecule has 0 radical (unpaired) electrons. The second-order valence-electron chi connectivity index (χ2n) is 3.83. The van der Waals surface area contributed by atoms with E-state index in [-0.39, 0.29) is 12.4 Å². The van der Waals surface area contributed by atoms with Crippen molar-refractivity contribution >= 4 is 5.82 Å². The van der Waals surface area contributed by atoms with Gasteiger partial charge in [-0.05, 0) is 20.3 Å². The van der Waals surface area contributed by atoms with E-state index in [1.165, 1.54) is 0 Å². The Labute approximate surface area is 86.4 Å². The van der Waals surface area contributed by atoms with Crippen molar-refractivity contribution in [2.24, 2.45) is 0 Å². The lowest BCUT2D eigenvalue weighted by Crippen LogP contribution is -2.32. The van der Waals surface area contributed by atoms with E-state index >= 15 is 0 Å². The van der Waals surface area contributed by atoms with Gasteiger partial charge in [0.2, 0.25) is 5.95 Å². The van der Waals surface area contributed by atoms with E-state index in [0.717, 1.165) is 6.07 Å². The van der Waals surface area contributed by atoms with Gasteiger partial charge < -0.3 is 10.4 Å². The molecule has 0 bridgehead atoms. The Morgan fingerprint density at radius 3 is 2.60 bits per heavy atom. The topological polar surface area (TPSA) is 58.0 Å². The number of hydrogen-bond donors (Lipinski definition) is 2. The number of nitrogens with zero attached hydrogens (tertiary/aromatic N) is 2. The fraction of sp³-hybridized carbons (Fsp3) is 0.556. The highest BCUT2D eigenvalue weighted by Gasteiger charge is 2.18. The summed E-state index contributed by atoms with van der Waals surface area (Å²) in [5.74, 6) is -0.858. The molecular weight excluding hydrogens is 204 g/mol. The fourth-order valence-electron chi connectivity index (χ4n) is 1.14. The van der Waals surface area contributed by atoms with E-state index in [9.17, 15) is 8.78 Å². The maximum absolute atomic E-state index is 12.7. The quantitative estimate of drug-likeness (QED) is 0.590. The second-order valence-corrected chi connectivity index (χ2v) is 3.83. The third-order valence-corrected chi connectivity index (χ3v) is 1.87. The summed E-state index contributed by atoms with van der Waals surface area (Å²) in [6, 6.07) is 1.00. The van der Waals surface area contributed by atoms with E-state index in [2.05, 4.69) is 15.3 Å². The second kappa shape index (κ2) is 4.48. The minimum absolute atomic E-state index is 0.0178. The zero-order valence-electron chi connectivity index (χ0n) is 8.59. The zero-order valence-corrected chi connectivity index (χ0v) is 8.59. The molecule has 0 aliphatic carbocycles. The first-order chi connectivity index (χ1) is 6.93. The molecule has 0 aliphatic rings. The Bertz CT molecular complexity index is 324. The number of aromatic nitrogens is 2. The van der Waals surface area contributed by atoms with Crippen LogP contribution in [0.25, 0.3) is 0 Å². The Kier molecular flexibility index (Phi) is 3.52. The monoisotopic (exact) mass is 217 g/mol. The van der Waals surface area contributed by atoms with Crippen molar-refractivity contribution in [1.82, 2.24) is 9.97 Å². The number of rotatable bonds is 4. The summed E-state index contributed by atoms with van der Waals surface area (Å²) < 4.78 is 25.3. The highest BCUT2D eigenvalue weighted by molar-refractivity contribution is 5.35. The zero-order chi connectivity index (χ0) is 11.5. The maximum Gasteiger partial charge on any atom is 0.313 e. The molecule has 0 fully saturated rings. The van der Waals surface area contributed by atoms with Gasteiger partial charge in [-0.1, -0.05) is 0 Å². The van der Waals surface area contributed by atoms with Gasteiger partial charge in [-0.2, -0.15) is 18.7 Å². The number of aliphatic hydroxyl groups is 1. The third kappa shape index (κ3) is 3.75. The summed E-state index contributed by atoms with van der Waals surface area (Å²) in [7, 11) is 0. The van der Waals surface area contributed by atoms with Crippen LogP contribution in [0, 0.1) is 12.0 Å². The van der Waals surface area contributed by atoms with Gasteiger partial charge in [0.25, 0.3) is 0 Å². The molecule has 1 heterocycles. The standard InChI is InChI=1S/C9H13F2N3O/c1-9(2,3-4-15)14-7-5-6(10)12-8(11)13-7/h5,15H,3-4H2,1-2H3,(H,12,13,14). The molecule has 0 atom stereocenters. The average Bonchev–Trinajstić information content (AvgIpc) is 1.99. The highest BCUT2D eigenvalue weighted by Crippen LogP contribution is 2.16. The molecule has 2 N–H and O–H groups in total. The van der Waals surface area contributed by atoms with Gasteiger partial charge in [0.15, 0.2) is 0 Å². The van der Waals surface area contributed by atoms with Crippen LogP contribution in [-0.4, -0.2) is 27.2 Å². The molecule has 0 spiro atoms. The predicted molar refractivity (Wildman–Crippen MR) is 51.4 cm³/mol. The molecule has 1 aromatic rings. The molecule has 0 saturated carbocycles. The highest BCUT2D eigenvalue weighted by atomic mass is 19.1. The Morgan fingerprint density at radius 2 is 2.07 bits per heavy atom. The first kappa shape index (κ1) is 11.8. The molecule has 0 aliphatic heterocycles. The van der Waals surface area contributed by atoms with Crippen LogP contribution in [0.4, 0.5) is 14.6 Å². The van der Waals surface area contributed by atoms with Crippen LogP contribution < -0.4 is 5.32 Å². The van der Waals surface area contributed by atoms with Crippen molar-refractivity contribution in [1.29, 1.82) is 0 Å². The summed E-state index contributed by atoms with van der Waals surface area (Å²) in [5.41, 5.74) is -0.484. The number of halogens is 2. The molecule has 4 nitrogen and oxygen atoms in total. The van der Waals surface area contributed by atoms with Gasteiger partial charge in [-0.15, -0.1) is 0 Å². The van der Waals surface area contributed by atoms with Crippen LogP contribution in [0.3, 0.4) is 0 Å². The molecule has 0 amide bonds. The largest absolute Gasteiger partial charge is 0.396 e. The first-order valence-corrected chi connectivity index (χ1v) is 4.52. The van der Waals surface area contributed by atoms with Crippen LogP contribution in [0.1, 0.15) is 20.3 Å². The fourth-order valence-corrected chi connectivity index (χ4v) is 1.14. The number of hydrogen-bond acceptors (Lipinski definition) is 4. The van der Waals surface area contributed by atoms with Gasteiger partial charge in [-0.25, -0.2) is 0 Å². The lowest BCUT2D eigenvalue weighted by Gasteiger charge is -2.25. The van der Waals surface area contributed by atoms with Crippen molar-refractivity contribution < 1.29 is 13.9 Å². The van der Waals surface area contributed by atoms with Gasteiger partial charge in [-0.3, -0.25) is 0 Å². The summed E-state index contributed by atoms with van der Waals surface area (Å²) in [5, 5.41) is 11.6. The Morgan fingerprint density at radius 1 is 1.40 bits per heavy atom. The molecule has 1 aromatic heterocycles. The minimum atomic E-state index is -1.11. The van der Waals surface area contributed by atoms with Crippen molar-refractivity contribution in [3.63, 3.8) is 0 Å². The number of aliphatic hydroxyl groups excluding tert-OH is 1. The maximum atomic E-state index is 12.7. The van der Waals surface area contributed by atoms with Crippen molar-refractivity contribution in [2.45, 2.75) is 25.8 Å². The van der Waals surface area contributed by atoms with Crippen LogP contribution in [0.5, 0.6) is 0 Å². The molecule has 1 rings (SSSR count). The van der Waals surface area contributed by atoms with Crippen LogP contribution >= 0.6 is 0 Å². The van der Waals surface area contributed by atoms with Crippen LogP contribution in [0.2, 0.25) is 0 Å². The Hall–Kier alpha value is -1.30. The van der Waals surface area contributed by atoms with Gasteiger partial charge in [0.05, 0.1) is 0 Å².